The molecule has 5 aliphatic rings. The summed E-state index contributed by atoms with van der Waals surface area (Å²) in [4.78, 5) is 5.14. The molecule has 0 amide bonds. The van der Waals surface area contributed by atoms with Gasteiger partial charge in [0.1, 0.15) is 5.69 Å². The fraction of sp³-hybridized carbons (Fsp3) is 0.826. The van der Waals surface area contributed by atoms with Gasteiger partial charge in [-0.15, -0.1) is 0 Å². The van der Waals surface area contributed by atoms with E-state index in [9.17, 15) is 5.21 Å². The van der Waals surface area contributed by atoms with Gasteiger partial charge >= 0.3 is 5.82 Å². The Morgan fingerprint density at radius 2 is 1.64 bits per heavy atom. The Bertz CT molecular complexity index is 747. The summed E-state index contributed by atoms with van der Waals surface area (Å²) in [5.74, 6) is 4.60. The van der Waals surface area contributed by atoms with Crippen LogP contribution in [0.1, 0.15) is 74.5 Å². The van der Waals surface area contributed by atoms with Crippen LogP contribution in [0, 0.1) is 29.9 Å². The Balaban J connectivity index is 1.55. The summed E-state index contributed by atoms with van der Waals surface area (Å²) in [7, 11) is -1.18. The topological polar surface area (TPSA) is 49.1 Å². The number of nitrogens with zero attached hydrogens (tertiary/aromatic N) is 2. The van der Waals surface area contributed by atoms with E-state index in [1.807, 2.05) is 6.92 Å². The summed E-state index contributed by atoms with van der Waals surface area (Å²) in [6.07, 6.45) is 10.3. The third-order valence-electron chi connectivity index (χ3n) is 7.86. The van der Waals surface area contributed by atoms with Gasteiger partial charge in [-0.1, -0.05) is 19.6 Å². The zero-order valence-electron chi connectivity index (χ0n) is 18.1. The number of hydrogen-bond acceptors (Lipinski definition) is 3. The summed E-state index contributed by atoms with van der Waals surface area (Å²) in [6, 6.07) is 1.12. The molecule has 0 saturated heterocycles. The Kier molecular flexibility index (Phi) is 4.35. The fourth-order valence-electron chi connectivity index (χ4n) is 6.64. The van der Waals surface area contributed by atoms with E-state index in [1.54, 1.807) is 0 Å². The van der Waals surface area contributed by atoms with Crippen molar-refractivity contribution in [3.8, 4) is 5.75 Å². The molecule has 0 unspecified atom stereocenters. The molecule has 0 N–H and O–H groups in total. The van der Waals surface area contributed by atoms with Crippen LogP contribution in [0.5, 0.6) is 5.75 Å². The summed E-state index contributed by atoms with van der Waals surface area (Å²) in [6.45, 7) is 9.83. The minimum atomic E-state index is -1.18. The first-order valence-electron chi connectivity index (χ1n) is 11.5. The van der Waals surface area contributed by atoms with Gasteiger partial charge in [-0.3, -0.25) is 0 Å². The summed E-state index contributed by atoms with van der Waals surface area (Å²) in [5.41, 5.74) is 2.11. The van der Waals surface area contributed by atoms with Gasteiger partial charge < -0.3 is 9.94 Å². The number of hydrogen-bond donors (Lipinski definition) is 0. The SMILES string of the molecule is Cc1c(OCC[Si](C)(C)C)c(C23CC4CC(CC(C4)C2)C3)nc(C2CC2)[n+]1[O-]. The van der Waals surface area contributed by atoms with Gasteiger partial charge in [-0.05, 0) is 80.1 Å². The molecule has 1 heterocycles. The van der Waals surface area contributed by atoms with Crippen molar-refractivity contribution in [2.45, 2.75) is 95.3 Å². The lowest BCUT2D eigenvalue weighted by molar-refractivity contribution is -0.625. The Morgan fingerprint density at radius 1 is 1.07 bits per heavy atom. The van der Waals surface area contributed by atoms with Crippen molar-refractivity contribution < 1.29 is 9.47 Å². The molecule has 154 valence electrons. The molecular weight excluding hydrogens is 364 g/mol. The predicted octanol–water partition coefficient (Wildman–Crippen LogP) is 5.09. The first-order chi connectivity index (χ1) is 13.2. The first-order valence-corrected chi connectivity index (χ1v) is 15.2. The lowest BCUT2D eigenvalue weighted by atomic mass is 9.48. The molecule has 0 atom stereocenters. The summed E-state index contributed by atoms with van der Waals surface area (Å²) in [5, 5.41) is 13.0. The molecule has 5 aliphatic carbocycles. The first kappa shape index (κ1) is 18.9. The van der Waals surface area contributed by atoms with Crippen LogP contribution < -0.4 is 9.47 Å². The highest BCUT2D eigenvalue weighted by Gasteiger charge is 2.56. The molecule has 4 bridgehead atoms. The van der Waals surface area contributed by atoms with Gasteiger partial charge in [0.25, 0.3) is 0 Å². The van der Waals surface area contributed by atoms with Crippen LogP contribution in [-0.4, -0.2) is 19.7 Å². The number of aromatic nitrogens is 2. The van der Waals surface area contributed by atoms with Crippen molar-refractivity contribution >= 4 is 8.07 Å². The van der Waals surface area contributed by atoms with E-state index in [0.29, 0.717) is 5.92 Å². The Hall–Kier alpha value is -1.10. The summed E-state index contributed by atoms with van der Waals surface area (Å²) < 4.78 is 7.52. The lowest BCUT2D eigenvalue weighted by Crippen LogP contribution is -2.50. The molecule has 0 aromatic carbocycles. The van der Waals surface area contributed by atoms with Crippen LogP contribution in [0.25, 0.3) is 0 Å². The van der Waals surface area contributed by atoms with Crippen molar-refractivity contribution in [1.82, 2.24) is 4.98 Å². The Labute approximate surface area is 170 Å². The molecule has 0 radical (unpaired) electrons. The maximum absolute atomic E-state index is 13.0. The fourth-order valence-corrected chi connectivity index (χ4v) is 7.35. The zero-order valence-corrected chi connectivity index (χ0v) is 19.1. The average molecular weight is 401 g/mol. The minimum absolute atomic E-state index is 0.173. The quantitative estimate of drug-likeness (QED) is 0.380. The second kappa shape index (κ2) is 6.45. The van der Waals surface area contributed by atoms with Crippen molar-refractivity contribution in [2.24, 2.45) is 17.8 Å². The van der Waals surface area contributed by atoms with Gasteiger partial charge in [0.15, 0.2) is 0 Å². The molecule has 0 spiro atoms. The third kappa shape index (κ3) is 3.27. The minimum Gasteiger partial charge on any atom is -0.710 e. The normalized spacial score (nSPS) is 34.1. The second-order valence-corrected chi connectivity index (χ2v) is 17.3. The number of rotatable bonds is 6. The highest BCUT2D eigenvalue weighted by atomic mass is 28.3. The van der Waals surface area contributed by atoms with Crippen LogP contribution in [0.3, 0.4) is 0 Å². The van der Waals surface area contributed by atoms with E-state index >= 15 is 0 Å². The highest BCUT2D eigenvalue weighted by molar-refractivity contribution is 6.76. The molecule has 1 aromatic rings. The molecule has 5 heteroatoms. The molecule has 6 rings (SSSR count). The second-order valence-electron chi connectivity index (χ2n) is 11.7. The molecule has 0 aliphatic heterocycles. The van der Waals surface area contributed by atoms with Crippen molar-refractivity contribution in [3.05, 3.63) is 22.4 Å². The molecular formula is C23H36N2O2Si. The van der Waals surface area contributed by atoms with Crippen LogP contribution in [0.2, 0.25) is 25.7 Å². The van der Waals surface area contributed by atoms with E-state index in [0.717, 1.165) is 65.2 Å². The van der Waals surface area contributed by atoms with Crippen LogP contribution in [0.4, 0.5) is 0 Å². The van der Waals surface area contributed by atoms with Gasteiger partial charge in [0, 0.05) is 20.4 Å². The lowest BCUT2D eigenvalue weighted by Gasteiger charge is -2.55. The maximum Gasteiger partial charge on any atom is 0.305 e. The smallest absolute Gasteiger partial charge is 0.305 e. The monoisotopic (exact) mass is 400 g/mol. The van der Waals surface area contributed by atoms with Crippen molar-refractivity contribution in [1.29, 1.82) is 0 Å². The third-order valence-corrected chi connectivity index (χ3v) is 9.57. The molecule has 5 fully saturated rings. The van der Waals surface area contributed by atoms with E-state index in [1.165, 1.54) is 44.2 Å². The molecule has 4 nitrogen and oxygen atoms in total. The standard InChI is InChI=1S/C23H36N2O2Si/c1-15-20(27-7-8-28(2,3)4)21(24-22(25(15)26)19-5-6-19)23-12-16-9-17(13-23)11-18(10-16)14-23/h16-19H,5-14H2,1-4H3. The van der Waals surface area contributed by atoms with E-state index < -0.39 is 8.07 Å². The van der Waals surface area contributed by atoms with Crippen molar-refractivity contribution in [3.63, 3.8) is 0 Å². The van der Waals surface area contributed by atoms with Gasteiger partial charge in [-0.2, -0.15) is 0 Å². The molecule has 5 saturated carbocycles. The van der Waals surface area contributed by atoms with Gasteiger partial charge in [0.05, 0.1) is 12.5 Å². The maximum atomic E-state index is 13.0. The van der Waals surface area contributed by atoms with Crippen LogP contribution in [-0.2, 0) is 5.41 Å². The summed E-state index contributed by atoms with van der Waals surface area (Å²) >= 11 is 0. The van der Waals surface area contributed by atoms with Crippen LogP contribution >= 0.6 is 0 Å². The van der Waals surface area contributed by atoms with E-state index in [4.69, 9.17) is 9.72 Å². The van der Waals surface area contributed by atoms with Crippen molar-refractivity contribution in [2.75, 3.05) is 6.61 Å². The highest BCUT2D eigenvalue weighted by Crippen LogP contribution is 2.61. The van der Waals surface area contributed by atoms with E-state index in [2.05, 4.69) is 19.6 Å². The molecule has 28 heavy (non-hydrogen) atoms. The predicted molar refractivity (Wildman–Crippen MR) is 113 cm³/mol. The Morgan fingerprint density at radius 3 is 2.14 bits per heavy atom. The van der Waals surface area contributed by atoms with Gasteiger partial charge in [-0.25, -0.2) is 4.73 Å². The average Bonchev–Trinajstić information content (AvgIpc) is 3.41. The van der Waals surface area contributed by atoms with E-state index in [-0.39, 0.29) is 5.41 Å². The molecule has 1 aromatic heterocycles. The largest absolute Gasteiger partial charge is 0.710 e. The van der Waals surface area contributed by atoms with Crippen LogP contribution in [0.15, 0.2) is 0 Å². The number of ether oxygens (including phenoxy) is 1. The zero-order chi connectivity index (χ0) is 19.7. The van der Waals surface area contributed by atoms with Gasteiger partial charge in [0.2, 0.25) is 11.4 Å².